The van der Waals surface area contributed by atoms with Gasteiger partial charge in [-0.05, 0) is 54.1 Å². The molecule has 3 aromatic carbocycles. The Balaban J connectivity index is 1.55. The van der Waals surface area contributed by atoms with E-state index in [1.807, 2.05) is 6.07 Å². The highest BCUT2D eigenvalue weighted by atomic mass is 35.5. The van der Waals surface area contributed by atoms with Gasteiger partial charge < -0.3 is 15.0 Å². The van der Waals surface area contributed by atoms with Gasteiger partial charge in [0.15, 0.2) is 4.87 Å². The highest BCUT2D eigenvalue weighted by Crippen LogP contribution is 2.55. The van der Waals surface area contributed by atoms with E-state index in [1.54, 1.807) is 65.4 Å². The summed E-state index contributed by atoms with van der Waals surface area (Å²) in [5.74, 6) is 0.552. The summed E-state index contributed by atoms with van der Waals surface area (Å²) >= 11 is 7.48. The lowest BCUT2D eigenvalue weighted by Gasteiger charge is -2.33. The summed E-state index contributed by atoms with van der Waals surface area (Å²) in [5, 5.41) is 3.36. The molecule has 0 aliphatic carbocycles. The van der Waals surface area contributed by atoms with E-state index in [0.717, 1.165) is 0 Å². The smallest absolute Gasteiger partial charge is 0.323 e. The quantitative estimate of drug-likeness (QED) is 0.519. The maximum absolute atomic E-state index is 14.0. The van der Waals surface area contributed by atoms with Gasteiger partial charge in [-0.15, -0.1) is 11.8 Å². The lowest BCUT2D eigenvalue weighted by atomic mass is 10.1. The van der Waals surface area contributed by atoms with Gasteiger partial charge in [0.2, 0.25) is 0 Å². The summed E-state index contributed by atoms with van der Waals surface area (Å²) in [5.41, 5.74) is 2.55. The normalized spacial score (nSPS) is 19.0. The summed E-state index contributed by atoms with van der Waals surface area (Å²) < 4.78 is 19.3. The molecule has 0 unspecified atom stereocenters. The van der Waals surface area contributed by atoms with Gasteiger partial charge in [-0.2, -0.15) is 0 Å². The number of ether oxygens (including phenoxy) is 1. The predicted octanol–water partition coefficient (Wildman–Crippen LogP) is 5.47. The second kappa shape index (κ2) is 8.85. The zero-order chi connectivity index (χ0) is 23.9. The number of hydrogen-bond donors (Lipinski definition) is 1. The van der Waals surface area contributed by atoms with Crippen molar-refractivity contribution >= 4 is 46.7 Å². The van der Waals surface area contributed by atoms with Crippen LogP contribution in [0.4, 0.5) is 20.6 Å². The molecule has 2 aliphatic rings. The van der Waals surface area contributed by atoms with Crippen LogP contribution in [0.3, 0.4) is 0 Å². The molecule has 3 aromatic rings. The van der Waals surface area contributed by atoms with Crippen LogP contribution in [-0.2, 0) is 16.2 Å². The van der Waals surface area contributed by atoms with Crippen LogP contribution in [0.2, 0.25) is 5.02 Å². The van der Waals surface area contributed by atoms with Crippen molar-refractivity contribution in [1.82, 2.24) is 4.90 Å². The first kappa shape index (κ1) is 22.6. The van der Waals surface area contributed by atoms with Crippen molar-refractivity contribution in [3.63, 3.8) is 0 Å². The molecule has 1 spiro atoms. The highest BCUT2D eigenvalue weighted by Gasteiger charge is 2.59. The number of nitrogens with one attached hydrogen (secondary N) is 1. The van der Waals surface area contributed by atoms with Crippen molar-refractivity contribution in [3.05, 3.63) is 88.7 Å². The minimum atomic E-state index is -1.25. The van der Waals surface area contributed by atoms with Crippen LogP contribution in [0, 0.1) is 5.82 Å². The van der Waals surface area contributed by atoms with Crippen molar-refractivity contribution in [2.45, 2.75) is 11.4 Å². The number of benzene rings is 3. The molecule has 174 valence electrons. The van der Waals surface area contributed by atoms with E-state index >= 15 is 0 Å². The van der Waals surface area contributed by atoms with E-state index in [0.29, 0.717) is 45.6 Å². The van der Waals surface area contributed by atoms with E-state index in [9.17, 15) is 14.0 Å². The van der Waals surface area contributed by atoms with Crippen LogP contribution >= 0.6 is 23.4 Å². The standard InChI is InChI=1S/C25H21ClFN3O3S/c1-33-20-8-9-22-21(14-20)25(23(31)29(22)15-16-4-2-6-18(27)12-16)30(10-11-34-25)24(32)28-19-7-3-5-17(26)13-19/h2-9,12-14H,10-11,15H2,1H3,(H,28,32)/t25-/m0/s1. The minimum Gasteiger partial charge on any atom is -0.497 e. The van der Waals surface area contributed by atoms with Gasteiger partial charge in [-0.25, -0.2) is 9.18 Å². The number of methoxy groups -OCH3 is 1. The third-order valence-electron chi connectivity index (χ3n) is 5.95. The fourth-order valence-corrected chi connectivity index (χ4v) is 6.10. The zero-order valence-electron chi connectivity index (χ0n) is 18.3. The molecular weight excluding hydrogens is 477 g/mol. The van der Waals surface area contributed by atoms with Crippen LogP contribution in [0.15, 0.2) is 66.7 Å². The van der Waals surface area contributed by atoms with Crippen LogP contribution in [0.5, 0.6) is 5.75 Å². The third kappa shape index (κ3) is 3.76. The molecule has 1 N–H and O–H groups in total. The molecule has 2 aliphatic heterocycles. The Morgan fingerprint density at radius 2 is 2.00 bits per heavy atom. The van der Waals surface area contributed by atoms with Crippen LogP contribution in [0.1, 0.15) is 11.1 Å². The third-order valence-corrected chi connectivity index (χ3v) is 7.61. The van der Waals surface area contributed by atoms with E-state index in [4.69, 9.17) is 16.3 Å². The van der Waals surface area contributed by atoms with Crippen molar-refractivity contribution in [1.29, 1.82) is 0 Å². The highest BCUT2D eigenvalue weighted by molar-refractivity contribution is 8.01. The second-order valence-corrected chi connectivity index (χ2v) is 9.71. The number of carbonyl (C=O) groups excluding carboxylic acids is 2. The monoisotopic (exact) mass is 497 g/mol. The van der Waals surface area contributed by atoms with Crippen molar-refractivity contribution in [2.24, 2.45) is 0 Å². The van der Waals surface area contributed by atoms with Crippen molar-refractivity contribution in [3.8, 4) is 5.75 Å². The Morgan fingerprint density at radius 1 is 1.18 bits per heavy atom. The molecule has 0 saturated carbocycles. The van der Waals surface area contributed by atoms with Gasteiger partial charge in [0.1, 0.15) is 11.6 Å². The number of rotatable bonds is 4. The SMILES string of the molecule is COc1ccc2c(c1)[C@]1(SCCN1C(=O)Nc1cccc(Cl)c1)C(=O)N2Cc1cccc(F)c1. The van der Waals surface area contributed by atoms with E-state index < -0.39 is 10.9 Å². The number of thioether (sulfide) groups is 1. The molecule has 5 rings (SSSR count). The van der Waals surface area contributed by atoms with E-state index in [1.165, 1.54) is 23.9 Å². The first-order valence-electron chi connectivity index (χ1n) is 10.7. The summed E-state index contributed by atoms with van der Waals surface area (Å²) in [6.07, 6.45) is 0. The summed E-state index contributed by atoms with van der Waals surface area (Å²) in [6.45, 7) is 0.565. The molecule has 6 nitrogen and oxygen atoms in total. The minimum absolute atomic E-state index is 0.183. The van der Waals surface area contributed by atoms with Crippen LogP contribution in [-0.4, -0.2) is 36.2 Å². The predicted molar refractivity (Wildman–Crippen MR) is 132 cm³/mol. The molecule has 34 heavy (non-hydrogen) atoms. The first-order valence-corrected chi connectivity index (χ1v) is 12.0. The molecule has 9 heteroatoms. The molecule has 0 bridgehead atoms. The Morgan fingerprint density at radius 3 is 2.76 bits per heavy atom. The average Bonchev–Trinajstić information content (AvgIpc) is 3.36. The van der Waals surface area contributed by atoms with Crippen molar-refractivity contribution < 1.29 is 18.7 Å². The van der Waals surface area contributed by atoms with E-state index in [-0.39, 0.29) is 18.3 Å². The number of amides is 3. The largest absolute Gasteiger partial charge is 0.497 e. The number of hydrogen-bond acceptors (Lipinski definition) is 4. The summed E-state index contributed by atoms with van der Waals surface area (Å²) in [4.78, 5) is 29.4. The molecule has 1 fully saturated rings. The fraction of sp³-hybridized carbons (Fsp3) is 0.200. The number of nitrogens with zero attached hydrogens (tertiary/aromatic N) is 2. The number of anilines is 2. The average molecular weight is 498 g/mol. The molecule has 3 amide bonds. The van der Waals surface area contributed by atoms with Gasteiger partial charge in [-0.3, -0.25) is 9.69 Å². The van der Waals surface area contributed by atoms with Crippen LogP contribution in [0.25, 0.3) is 0 Å². The van der Waals surface area contributed by atoms with Gasteiger partial charge in [0, 0.05) is 28.6 Å². The van der Waals surface area contributed by atoms with Gasteiger partial charge in [0.05, 0.1) is 19.3 Å². The second-order valence-electron chi connectivity index (χ2n) is 7.99. The number of urea groups is 1. The molecule has 0 aromatic heterocycles. The fourth-order valence-electron chi connectivity index (χ4n) is 4.45. The Kier molecular flexibility index (Phi) is 5.87. The summed E-state index contributed by atoms with van der Waals surface area (Å²) in [6, 6.07) is 18.0. The van der Waals surface area contributed by atoms with E-state index in [2.05, 4.69) is 5.32 Å². The molecule has 0 radical (unpaired) electrons. The number of halogens is 2. The van der Waals surface area contributed by atoms with Gasteiger partial charge >= 0.3 is 6.03 Å². The summed E-state index contributed by atoms with van der Waals surface area (Å²) in [7, 11) is 1.56. The lowest BCUT2D eigenvalue weighted by Crippen LogP contribution is -2.51. The zero-order valence-corrected chi connectivity index (χ0v) is 19.8. The molecule has 1 saturated heterocycles. The van der Waals surface area contributed by atoms with Gasteiger partial charge in [0.25, 0.3) is 5.91 Å². The van der Waals surface area contributed by atoms with Crippen LogP contribution < -0.4 is 15.0 Å². The molecular formula is C25H21ClFN3O3S. The Bertz CT molecular complexity index is 1290. The Hall–Kier alpha value is -3.23. The number of carbonyl (C=O) groups is 2. The lowest BCUT2D eigenvalue weighted by molar-refractivity contribution is -0.123. The van der Waals surface area contributed by atoms with Crippen molar-refractivity contribution in [2.75, 3.05) is 29.6 Å². The maximum Gasteiger partial charge on any atom is 0.323 e. The number of fused-ring (bicyclic) bond motifs is 2. The topological polar surface area (TPSA) is 61.9 Å². The maximum atomic E-state index is 14.0. The Labute approximate surface area is 205 Å². The van der Waals surface area contributed by atoms with Gasteiger partial charge in [-0.1, -0.05) is 29.8 Å². The molecule has 2 heterocycles. The first-order chi connectivity index (χ1) is 16.4. The molecule has 1 atom stereocenters.